The third-order valence-corrected chi connectivity index (χ3v) is 3.21. The monoisotopic (exact) mass is 289 g/mol. The first-order valence-corrected chi connectivity index (χ1v) is 6.43. The van der Waals surface area contributed by atoms with Gasteiger partial charge in [0.1, 0.15) is 18.6 Å². The molecule has 0 saturated heterocycles. The molecule has 0 radical (unpaired) electrons. The Bertz CT molecular complexity index is 671. The van der Waals surface area contributed by atoms with E-state index in [0.29, 0.717) is 12.0 Å². The Morgan fingerprint density at radius 1 is 1.33 bits per heavy atom. The predicted octanol–water partition coefficient (Wildman–Crippen LogP) is 3.24. The van der Waals surface area contributed by atoms with Crippen LogP contribution in [0.15, 0.2) is 24.4 Å². The lowest BCUT2D eigenvalue weighted by Gasteiger charge is -2.13. The topological polar surface area (TPSA) is 48.4 Å². The highest BCUT2D eigenvalue weighted by molar-refractivity contribution is 5.74. The summed E-state index contributed by atoms with van der Waals surface area (Å²) in [5, 5.41) is 0. The first-order chi connectivity index (χ1) is 10.1. The second kappa shape index (κ2) is 6.35. The van der Waals surface area contributed by atoms with Crippen molar-refractivity contribution in [1.82, 2.24) is 4.98 Å². The molecule has 110 valence electrons. The summed E-state index contributed by atoms with van der Waals surface area (Å²) < 4.78 is 24.5. The van der Waals surface area contributed by atoms with Crippen LogP contribution in [0.1, 0.15) is 27.2 Å². The van der Waals surface area contributed by atoms with E-state index in [4.69, 9.17) is 9.47 Å². The maximum atomic E-state index is 13.7. The number of pyridine rings is 1. The van der Waals surface area contributed by atoms with Crippen LogP contribution in [0.4, 0.5) is 4.39 Å². The largest absolute Gasteiger partial charge is 0.496 e. The van der Waals surface area contributed by atoms with Gasteiger partial charge in [0.05, 0.1) is 12.8 Å². The number of carbonyl (C=O) groups is 1. The van der Waals surface area contributed by atoms with E-state index in [1.807, 2.05) is 13.8 Å². The fraction of sp³-hybridized carbons (Fsp3) is 0.250. The van der Waals surface area contributed by atoms with Crippen molar-refractivity contribution in [2.24, 2.45) is 0 Å². The third kappa shape index (κ3) is 3.18. The average molecular weight is 289 g/mol. The highest BCUT2D eigenvalue weighted by Gasteiger charge is 2.11. The predicted molar refractivity (Wildman–Crippen MR) is 76.4 cm³/mol. The highest BCUT2D eigenvalue weighted by Crippen LogP contribution is 2.25. The van der Waals surface area contributed by atoms with Crippen LogP contribution in [-0.4, -0.2) is 18.4 Å². The summed E-state index contributed by atoms with van der Waals surface area (Å²) in [5.74, 6) is 0.262. The number of hydrogen-bond donors (Lipinski definition) is 0. The summed E-state index contributed by atoms with van der Waals surface area (Å²) in [6, 6.07) is 4.07. The van der Waals surface area contributed by atoms with Crippen molar-refractivity contribution in [2.45, 2.75) is 20.5 Å². The van der Waals surface area contributed by atoms with E-state index in [1.54, 1.807) is 13.3 Å². The van der Waals surface area contributed by atoms with Crippen molar-refractivity contribution < 1.29 is 18.7 Å². The molecule has 1 heterocycles. The van der Waals surface area contributed by atoms with Crippen molar-refractivity contribution in [3.8, 4) is 11.5 Å². The molecule has 2 aromatic rings. The molecule has 0 saturated carbocycles. The molecule has 0 aliphatic rings. The Hall–Kier alpha value is -2.43. The number of halogens is 1. The minimum absolute atomic E-state index is 0.0846. The number of hydrogen-bond acceptors (Lipinski definition) is 4. The molecular formula is C16H16FNO3. The Kier molecular flexibility index (Phi) is 4.52. The van der Waals surface area contributed by atoms with E-state index in [0.717, 1.165) is 22.9 Å². The summed E-state index contributed by atoms with van der Waals surface area (Å²) in [6.45, 7) is 3.91. The molecular weight excluding hydrogens is 273 g/mol. The Balaban J connectivity index is 2.19. The van der Waals surface area contributed by atoms with Crippen LogP contribution in [0.3, 0.4) is 0 Å². The summed E-state index contributed by atoms with van der Waals surface area (Å²) in [5.41, 5.74) is 2.74. The normalized spacial score (nSPS) is 10.3. The Morgan fingerprint density at radius 2 is 2.10 bits per heavy atom. The summed E-state index contributed by atoms with van der Waals surface area (Å²) >= 11 is 0. The first kappa shape index (κ1) is 15.0. The third-order valence-electron chi connectivity index (χ3n) is 3.21. The number of carbonyl (C=O) groups excluding carboxylic acids is 1. The van der Waals surface area contributed by atoms with Crippen molar-refractivity contribution in [3.05, 3.63) is 52.6 Å². The quantitative estimate of drug-likeness (QED) is 0.793. The van der Waals surface area contributed by atoms with Crippen molar-refractivity contribution >= 4 is 6.29 Å². The number of ether oxygens (including phenoxy) is 2. The zero-order chi connectivity index (χ0) is 15.4. The van der Waals surface area contributed by atoms with Crippen LogP contribution in [0.2, 0.25) is 0 Å². The van der Waals surface area contributed by atoms with E-state index in [1.165, 1.54) is 12.1 Å². The fourth-order valence-electron chi connectivity index (χ4n) is 2.07. The zero-order valence-electron chi connectivity index (χ0n) is 12.1. The molecule has 0 unspecified atom stereocenters. The van der Waals surface area contributed by atoms with E-state index in [-0.39, 0.29) is 17.9 Å². The van der Waals surface area contributed by atoms with Crippen LogP contribution in [0.25, 0.3) is 0 Å². The van der Waals surface area contributed by atoms with Gasteiger partial charge in [-0.1, -0.05) is 0 Å². The van der Waals surface area contributed by atoms with Gasteiger partial charge in [0.15, 0.2) is 11.6 Å². The molecule has 21 heavy (non-hydrogen) atoms. The van der Waals surface area contributed by atoms with Crippen molar-refractivity contribution in [1.29, 1.82) is 0 Å². The summed E-state index contributed by atoms with van der Waals surface area (Å²) in [7, 11) is 1.60. The highest BCUT2D eigenvalue weighted by atomic mass is 19.1. The van der Waals surface area contributed by atoms with Gasteiger partial charge in [-0.05, 0) is 32.0 Å². The van der Waals surface area contributed by atoms with Crippen LogP contribution >= 0.6 is 0 Å². The van der Waals surface area contributed by atoms with Gasteiger partial charge in [-0.2, -0.15) is 0 Å². The summed E-state index contributed by atoms with van der Waals surface area (Å²) in [4.78, 5) is 14.8. The van der Waals surface area contributed by atoms with Gasteiger partial charge in [0.25, 0.3) is 0 Å². The molecule has 0 fully saturated rings. The van der Waals surface area contributed by atoms with Gasteiger partial charge >= 0.3 is 0 Å². The number of benzene rings is 1. The van der Waals surface area contributed by atoms with E-state index in [9.17, 15) is 9.18 Å². The molecule has 0 atom stereocenters. The molecule has 4 nitrogen and oxygen atoms in total. The van der Waals surface area contributed by atoms with Gasteiger partial charge in [0, 0.05) is 22.9 Å². The van der Waals surface area contributed by atoms with Gasteiger partial charge in [-0.15, -0.1) is 0 Å². The lowest BCUT2D eigenvalue weighted by Crippen LogP contribution is -2.05. The minimum Gasteiger partial charge on any atom is -0.496 e. The molecule has 0 aliphatic heterocycles. The molecule has 0 amide bonds. The number of aldehydes is 1. The molecule has 1 aromatic heterocycles. The standard InChI is InChI=1S/C16H16FNO3/c1-10-7-18-14(11(2)16(10)20-3)9-21-15-5-4-12(8-19)6-13(15)17/h4-8H,9H2,1-3H3. The number of aryl methyl sites for hydroxylation is 1. The van der Waals surface area contributed by atoms with E-state index >= 15 is 0 Å². The Morgan fingerprint density at radius 3 is 2.71 bits per heavy atom. The molecule has 0 spiro atoms. The maximum absolute atomic E-state index is 13.7. The number of nitrogens with zero attached hydrogens (tertiary/aromatic N) is 1. The van der Waals surface area contributed by atoms with Crippen LogP contribution in [0, 0.1) is 19.7 Å². The maximum Gasteiger partial charge on any atom is 0.165 e. The van der Waals surface area contributed by atoms with Crippen LogP contribution in [0.5, 0.6) is 11.5 Å². The lowest BCUT2D eigenvalue weighted by atomic mass is 10.1. The average Bonchev–Trinajstić information content (AvgIpc) is 2.48. The van der Waals surface area contributed by atoms with E-state index < -0.39 is 5.82 Å². The Labute approximate surface area is 122 Å². The molecule has 0 bridgehead atoms. The molecule has 5 heteroatoms. The SMILES string of the molecule is COc1c(C)cnc(COc2ccc(C=O)cc2F)c1C. The van der Waals surface area contributed by atoms with Gasteiger partial charge in [-0.25, -0.2) is 4.39 Å². The molecule has 2 rings (SSSR count). The van der Waals surface area contributed by atoms with E-state index in [2.05, 4.69) is 4.98 Å². The van der Waals surface area contributed by atoms with Gasteiger partial charge in [0.2, 0.25) is 0 Å². The smallest absolute Gasteiger partial charge is 0.165 e. The lowest BCUT2D eigenvalue weighted by molar-refractivity contribution is 0.112. The number of rotatable bonds is 5. The second-order valence-electron chi connectivity index (χ2n) is 4.64. The second-order valence-corrected chi connectivity index (χ2v) is 4.64. The zero-order valence-corrected chi connectivity index (χ0v) is 12.1. The van der Waals surface area contributed by atoms with Gasteiger partial charge < -0.3 is 9.47 Å². The van der Waals surface area contributed by atoms with Crippen molar-refractivity contribution in [3.63, 3.8) is 0 Å². The molecule has 0 N–H and O–H groups in total. The minimum atomic E-state index is -0.573. The molecule has 0 aliphatic carbocycles. The number of aromatic nitrogens is 1. The first-order valence-electron chi connectivity index (χ1n) is 6.43. The number of methoxy groups -OCH3 is 1. The van der Waals surface area contributed by atoms with Crippen LogP contribution in [-0.2, 0) is 6.61 Å². The summed E-state index contributed by atoms with van der Waals surface area (Å²) in [6.07, 6.45) is 2.28. The molecule has 1 aromatic carbocycles. The van der Waals surface area contributed by atoms with Gasteiger partial charge in [-0.3, -0.25) is 9.78 Å². The fourth-order valence-corrected chi connectivity index (χ4v) is 2.07. The van der Waals surface area contributed by atoms with Crippen molar-refractivity contribution in [2.75, 3.05) is 7.11 Å². The van der Waals surface area contributed by atoms with Crippen LogP contribution < -0.4 is 9.47 Å².